The molecule has 0 unspecified atom stereocenters. The zero-order valence-electron chi connectivity index (χ0n) is 11.7. The molecule has 0 saturated heterocycles. The normalized spacial score (nSPS) is 34.8. The van der Waals surface area contributed by atoms with Crippen LogP contribution >= 0.6 is 0 Å². The minimum Gasteiger partial charge on any atom is -0.478 e. The first-order valence-corrected chi connectivity index (χ1v) is 7.26. The number of hydrogen-bond acceptors (Lipinski definition) is 1. The van der Waals surface area contributed by atoms with Gasteiger partial charge in [0.1, 0.15) is 0 Å². The summed E-state index contributed by atoms with van der Waals surface area (Å²) in [4.78, 5) is 11.4. The average molecular weight is 278 g/mol. The summed E-state index contributed by atoms with van der Waals surface area (Å²) in [6.45, 7) is 0. The van der Waals surface area contributed by atoms with E-state index >= 15 is 0 Å². The lowest BCUT2D eigenvalue weighted by atomic mass is 9.90. The molecule has 0 amide bonds. The predicted molar refractivity (Wildman–Crippen MR) is 84.5 cm³/mol. The summed E-state index contributed by atoms with van der Waals surface area (Å²) in [5.74, 6) is -0.0448. The van der Waals surface area contributed by atoms with Crippen LogP contribution in [0.5, 0.6) is 0 Å². The SMILES string of the molecule is O=C(O)C1=CC2C=CC(C=C2)/C=C\C2C=CC(C=C1)C=C2. The minimum absolute atomic E-state index is 0.0524. The smallest absolute Gasteiger partial charge is 0.335 e. The van der Waals surface area contributed by atoms with Gasteiger partial charge in [-0.1, -0.05) is 79.0 Å². The molecule has 4 bridgehead atoms. The van der Waals surface area contributed by atoms with Gasteiger partial charge in [-0.2, -0.15) is 0 Å². The van der Waals surface area contributed by atoms with Gasteiger partial charge in [-0.25, -0.2) is 4.79 Å². The maximum Gasteiger partial charge on any atom is 0.335 e. The van der Waals surface area contributed by atoms with Gasteiger partial charge in [-0.3, -0.25) is 0 Å². The van der Waals surface area contributed by atoms with Crippen LogP contribution in [0.3, 0.4) is 0 Å². The van der Waals surface area contributed by atoms with Crippen LogP contribution in [0.25, 0.3) is 0 Å². The Morgan fingerprint density at radius 1 is 0.667 bits per heavy atom. The van der Waals surface area contributed by atoms with E-state index in [4.69, 9.17) is 0 Å². The molecule has 0 aromatic rings. The molecule has 0 aliphatic heterocycles. The van der Waals surface area contributed by atoms with Crippen molar-refractivity contribution in [3.8, 4) is 0 Å². The van der Waals surface area contributed by atoms with E-state index in [-0.39, 0.29) is 11.8 Å². The molecule has 2 heteroatoms. The zero-order valence-corrected chi connectivity index (χ0v) is 11.7. The number of hydrogen-bond donors (Lipinski definition) is 1. The van der Waals surface area contributed by atoms with Crippen molar-refractivity contribution < 1.29 is 9.90 Å². The van der Waals surface area contributed by atoms with Gasteiger partial charge in [-0.15, -0.1) is 0 Å². The third-order valence-corrected chi connectivity index (χ3v) is 3.89. The standard InChI is InChI=1S/C19H18O2/c20-19(21)18-12-11-16-5-3-14(4-6-16)1-2-15-7-9-17(13-18)10-8-15/h1-17H,(H,20,21)/b2-1-,12-11?,18-13?. The number of carboxylic acids is 1. The quantitative estimate of drug-likeness (QED) is 0.740. The average Bonchev–Trinajstić information content (AvgIpc) is 2.51. The lowest BCUT2D eigenvalue weighted by Crippen LogP contribution is -2.05. The minimum atomic E-state index is -0.885. The Balaban J connectivity index is 1.98. The van der Waals surface area contributed by atoms with Gasteiger partial charge < -0.3 is 5.11 Å². The van der Waals surface area contributed by atoms with Crippen LogP contribution in [0.15, 0.2) is 84.6 Å². The highest BCUT2D eigenvalue weighted by Crippen LogP contribution is 2.23. The molecule has 6 aliphatic carbocycles. The maximum atomic E-state index is 11.4. The first kappa shape index (κ1) is 13.6. The van der Waals surface area contributed by atoms with Crippen LogP contribution in [0.4, 0.5) is 0 Å². The second-order valence-electron chi connectivity index (χ2n) is 5.52. The van der Waals surface area contributed by atoms with E-state index in [1.54, 1.807) is 12.2 Å². The Morgan fingerprint density at radius 3 is 1.48 bits per heavy atom. The molecule has 0 aromatic heterocycles. The van der Waals surface area contributed by atoms with Crippen LogP contribution in [0.2, 0.25) is 0 Å². The summed E-state index contributed by atoms with van der Waals surface area (Å²) in [6.07, 6.45) is 26.7. The Labute approximate surface area is 124 Å². The van der Waals surface area contributed by atoms with Crippen LogP contribution < -0.4 is 0 Å². The van der Waals surface area contributed by atoms with E-state index in [1.165, 1.54) is 0 Å². The van der Waals surface area contributed by atoms with Gasteiger partial charge in [0.15, 0.2) is 0 Å². The number of carbonyl (C=O) groups is 1. The monoisotopic (exact) mass is 278 g/mol. The Morgan fingerprint density at radius 2 is 1.05 bits per heavy atom. The van der Waals surface area contributed by atoms with Crippen molar-refractivity contribution in [2.24, 2.45) is 23.7 Å². The van der Waals surface area contributed by atoms with E-state index in [2.05, 4.69) is 60.8 Å². The molecule has 0 saturated carbocycles. The van der Waals surface area contributed by atoms with Gasteiger partial charge in [0.05, 0.1) is 5.57 Å². The van der Waals surface area contributed by atoms with Crippen molar-refractivity contribution in [3.05, 3.63) is 84.6 Å². The Bertz CT molecular complexity index is 598. The number of carboxylic acid groups (broad SMARTS) is 1. The fourth-order valence-corrected chi connectivity index (χ4v) is 2.66. The molecule has 106 valence electrons. The molecule has 0 spiro atoms. The molecule has 6 aliphatic rings. The summed E-state index contributed by atoms with van der Waals surface area (Å²) in [5, 5.41) is 9.32. The van der Waals surface area contributed by atoms with E-state index in [0.717, 1.165) is 0 Å². The molecular formula is C19H18O2. The maximum absolute atomic E-state index is 11.4. The Kier molecular flexibility index (Phi) is 3.87. The third-order valence-electron chi connectivity index (χ3n) is 3.89. The lowest BCUT2D eigenvalue weighted by Gasteiger charge is -2.15. The second-order valence-corrected chi connectivity index (χ2v) is 5.52. The van der Waals surface area contributed by atoms with Crippen molar-refractivity contribution >= 4 is 5.97 Å². The molecule has 0 aromatic carbocycles. The first-order valence-electron chi connectivity index (χ1n) is 7.26. The number of rotatable bonds is 1. The highest BCUT2D eigenvalue weighted by Gasteiger charge is 2.12. The van der Waals surface area contributed by atoms with E-state index in [1.807, 2.05) is 6.08 Å². The van der Waals surface area contributed by atoms with Crippen molar-refractivity contribution in [2.75, 3.05) is 0 Å². The summed E-state index contributed by atoms with van der Waals surface area (Å²) >= 11 is 0. The topological polar surface area (TPSA) is 37.3 Å². The largest absolute Gasteiger partial charge is 0.478 e. The molecule has 6 rings (SSSR count). The molecule has 2 nitrogen and oxygen atoms in total. The van der Waals surface area contributed by atoms with Gasteiger partial charge in [0, 0.05) is 23.7 Å². The number of aliphatic carboxylic acids is 1. The Hall–Kier alpha value is -2.35. The van der Waals surface area contributed by atoms with Crippen molar-refractivity contribution in [1.29, 1.82) is 0 Å². The van der Waals surface area contributed by atoms with Crippen LogP contribution in [0.1, 0.15) is 0 Å². The highest BCUT2D eigenvalue weighted by atomic mass is 16.4. The molecule has 0 atom stereocenters. The van der Waals surface area contributed by atoms with Gasteiger partial charge >= 0.3 is 5.97 Å². The first-order chi connectivity index (χ1) is 10.2. The number of allylic oxidation sites excluding steroid dienone is 12. The molecule has 21 heavy (non-hydrogen) atoms. The van der Waals surface area contributed by atoms with Crippen molar-refractivity contribution in [3.63, 3.8) is 0 Å². The second kappa shape index (κ2) is 5.96. The van der Waals surface area contributed by atoms with E-state index in [0.29, 0.717) is 17.4 Å². The molecule has 0 fully saturated rings. The van der Waals surface area contributed by atoms with Crippen molar-refractivity contribution in [1.82, 2.24) is 0 Å². The van der Waals surface area contributed by atoms with Gasteiger partial charge in [-0.05, 0) is 0 Å². The lowest BCUT2D eigenvalue weighted by molar-refractivity contribution is -0.132. The van der Waals surface area contributed by atoms with E-state index in [9.17, 15) is 9.90 Å². The third kappa shape index (κ3) is 3.40. The molecule has 0 radical (unpaired) electrons. The van der Waals surface area contributed by atoms with Crippen LogP contribution in [0, 0.1) is 23.7 Å². The zero-order chi connectivity index (χ0) is 14.7. The molecular weight excluding hydrogens is 260 g/mol. The van der Waals surface area contributed by atoms with E-state index < -0.39 is 5.97 Å². The highest BCUT2D eigenvalue weighted by molar-refractivity contribution is 5.90. The molecule has 1 N–H and O–H groups in total. The molecule has 0 heterocycles. The summed E-state index contributed by atoms with van der Waals surface area (Å²) in [6, 6.07) is 0. The fourth-order valence-electron chi connectivity index (χ4n) is 2.66. The van der Waals surface area contributed by atoms with Gasteiger partial charge in [0.25, 0.3) is 0 Å². The fraction of sp³-hybridized carbons (Fsp3) is 0.211. The summed E-state index contributed by atoms with van der Waals surface area (Å²) in [5.41, 5.74) is 0.337. The van der Waals surface area contributed by atoms with Crippen molar-refractivity contribution in [2.45, 2.75) is 0 Å². The summed E-state index contributed by atoms with van der Waals surface area (Å²) < 4.78 is 0. The predicted octanol–water partition coefficient (Wildman–Crippen LogP) is 3.84. The van der Waals surface area contributed by atoms with Gasteiger partial charge in [0.2, 0.25) is 0 Å². The van der Waals surface area contributed by atoms with Crippen LogP contribution in [-0.4, -0.2) is 11.1 Å². The van der Waals surface area contributed by atoms with Crippen LogP contribution in [-0.2, 0) is 4.79 Å². The summed E-state index contributed by atoms with van der Waals surface area (Å²) in [7, 11) is 0.